The molecule has 1 unspecified atom stereocenters. The van der Waals surface area contributed by atoms with Crippen molar-refractivity contribution >= 4 is 63.1 Å². The van der Waals surface area contributed by atoms with Crippen molar-refractivity contribution in [3.63, 3.8) is 0 Å². The van der Waals surface area contributed by atoms with Crippen LogP contribution in [0.15, 0.2) is 43.0 Å². The molecule has 1 aromatic carbocycles. The Morgan fingerprint density at radius 2 is 1.93 bits per heavy atom. The summed E-state index contributed by atoms with van der Waals surface area (Å²) in [6.07, 6.45) is 7.17. The Balaban J connectivity index is 1.27. The maximum atomic E-state index is 12.9. The van der Waals surface area contributed by atoms with Crippen LogP contribution < -0.4 is 10.2 Å². The molecule has 1 saturated heterocycles. The van der Waals surface area contributed by atoms with Crippen LogP contribution >= 0.6 is 23.2 Å². The zero-order valence-corrected chi connectivity index (χ0v) is 24.3. The number of anilines is 2. The lowest BCUT2D eigenvalue weighted by Crippen LogP contribution is -2.49. The standard InChI is InChI=1S/C28H30Cl2N10O/c1-3-5-17(2)40-16-33-24-25(32-15-23-34-21-12-19(29)20(30)13-22(21)35-23)36-28(37-26(24)40)39-10-8-38(9-11-39)27(41)18-6-4-7-31-14-18/h4,6-7,12-14,16-17H,3,5,8-11,15H2,1-2H3,(H,34,35)(H,32,36,37). The van der Waals surface area contributed by atoms with Crippen LogP contribution in [0, 0.1) is 0 Å². The van der Waals surface area contributed by atoms with E-state index < -0.39 is 0 Å². The summed E-state index contributed by atoms with van der Waals surface area (Å²) in [4.78, 5) is 43.5. The number of piperazine rings is 1. The highest BCUT2D eigenvalue weighted by atomic mass is 35.5. The molecule has 41 heavy (non-hydrogen) atoms. The van der Waals surface area contributed by atoms with Crippen molar-refractivity contribution in [2.75, 3.05) is 36.4 Å². The Labute approximate surface area is 246 Å². The van der Waals surface area contributed by atoms with Crippen molar-refractivity contribution < 1.29 is 4.79 Å². The van der Waals surface area contributed by atoms with E-state index in [0.29, 0.717) is 71.4 Å². The second kappa shape index (κ2) is 11.5. The van der Waals surface area contributed by atoms with Gasteiger partial charge in [0.1, 0.15) is 5.82 Å². The van der Waals surface area contributed by atoms with Crippen LogP contribution in [0.5, 0.6) is 0 Å². The number of carbonyl (C=O) groups excluding carboxylic acids is 1. The highest BCUT2D eigenvalue weighted by Gasteiger charge is 2.26. The van der Waals surface area contributed by atoms with Gasteiger partial charge >= 0.3 is 0 Å². The number of rotatable bonds is 8. The van der Waals surface area contributed by atoms with Gasteiger partial charge in [-0.3, -0.25) is 9.78 Å². The van der Waals surface area contributed by atoms with Crippen molar-refractivity contribution in [3.05, 3.63) is 64.4 Å². The molecule has 0 bridgehead atoms. The van der Waals surface area contributed by atoms with Crippen molar-refractivity contribution in [2.24, 2.45) is 0 Å². The molecule has 0 radical (unpaired) electrons. The molecule has 1 atom stereocenters. The average molecular weight is 594 g/mol. The van der Waals surface area contributed by atoms with Crippen LogP contribution in [0.4, 0.5) is 11.8 Å². The van der Waals surface area contributed by atoms with Crippen molar-refractivity contribution in [3.8, 4) is 0 Å². The summed E-state index contributed by atoms with van der Waals surface area (Å²) in [7, 11) is 0. The number of halogens is 2. The lowest BCUT2D eigenvalue weighted by molar-refractivity contribution is 0.0746. The number of amides is 1. The Hall–Kier alpha value is -3.96. The summed E-state index contributed by atoms with van der Waals surface area (Å²) in [5.74, 6) is 1.92. The van der Waals surface area contributed by atoms with E-state index in [0.717, 1.165) is 29.5 Å². The second-order valence-corrected chi connectivity index (χ2v) is 11.0. The fourth-order valence-electron chi connectivity index (χ4n) is 5.14. The second-order valence-electron chi connectivity index (χ2n) is 10.2. The highest BCUT2D eigenvalue weighted by Crippen LogP contribution is 2.29. The van der Waals surface area contributed by atoms with E-state index in [1.807, 2.05) is 11.2 Å². The minimum absolute atomic E-state index is 0.0173. The molecule has 5 aromatic rings. The van der Waals surface area contributed by atoms with Gasteiger partial charge in [0, 0.05) is 44.6 Å². The molecule has 6 rings (SSSR count). The number of fused-ring (bicyclic) bond motifs is 2. The molecule has 11 nitrogen and oxygen atoms in total. The van der Waals surface area contributed by atoms with E-state index in [2.05, 4.69) is 48.6 Å². The van der Waals surface area contributed by atoms with E-state index in [1.54, 1.807) is 36.7 Å². The van der Waals surface area contributed by atoms with Gasteiger partial charge in [-0.2, -0.15) is 9.97 Å². The Bertz CT molecular complexity index is 1660. The normalized spacial score (nSPS) is 14.6. The first-order valence-electron chi connectivity index (χ1n) is 13.7. The van der Waals surface area contributed by atoms with Gasteiger partial charge in [0.25, 0.3) is 5.91 Å². The number of benzene rings is 1. The van der Waals surface area contributed by atoms with Gasteiger partial charge in [-0.05, 0) is 37.6 Å². The summed E-state index contributed by atoms with van der Waals surface area (Å²) in [6.45, 7) is 7.08. The molecule has 0 saturated carbocycles. The predicted molar refractivity (Wildman–Crippen MR) is 161 cm³/mol. The van der Waals surface area contributed by atoms with Gasteiger partial charge in [-0.25, -0.2) is 9.97 Å². The molecule has 0 spiro atoms. The van der Waals surface area contributed by atoms with Gasteiger partial charge in [-0.1, -0.05) is 36.5 Å². The van der Waals surface area contributed by atoms with Crippen molar-refractivity contribution in [2.45, 2.75) is 39.3 Å². The lowest BCUT2D eigenvalue weighted by Gasteiger charge is -2.34. The van der Waals surface area contributed by atoms with Gasteiger partial charge in [-0.15, -0.1) is 0 Å². The molecule has 1 aliphatic rings. The van der Waals surface area contributed by atoms with Crippen molar-refractivity contribution in [1.82, 2.24) is 39.4 Å². The largest absolute Gasteiger partial charge is 0.361 e. The Kier molecular flexibility index (Phi) is 7.63. The van der Waals surface area contributed by atoms with Crippen LogP contribution in [0.2, 0.25) is 10.0 Å². The number of H-pyrrole nitrogens is 1. The molecule has 1 aliphatic heterocycles. The van der Waals surface area contributed by atoms with E-state index in [4.69, 9.17) is 33.2 Å². The van der Waals surface area contributed by atoms with Crippen LogP contribution in [0.1, 0.15) is 48.9 Å². The van der Waals surface area contributed by atoms with Gasteiger partial charge in [0.05, 0.1) is 39.5 Å². The Morgan fingerprint density at radius 1 is 1.12 bits per heavy atom. The van der Waals surface area contributed by atoms with E-state index in [1.165, 1.54) is 0 Å². The molecule has 13 heteroatoms. The molecule has 1 fully saturated rings. The maximum Gasteiger partial charge on any atom is 0.255 e. The van der Waals surface area contributed by atoms with Gasteiger partial charge < -0.3 is 24.7 Å². The number of carbonyl (C=O) groups is 1. The number of pyridine rings is 1. The van der Waals surface area contributed by atoms with Crippen LogP contribution in [-0.2, 0) is 6.54 Å². The summed E-state index contributed by atoms with van der Waals surface area (Å²) in [5.41, 5.74) is 3.61. The summed E-state index contributed by atoms with van der Waals surface area (Å²) in [5, 5.41) is 4.35. The fourth-order valence-corrected chi connectivity index (χ4v) is 5.46. The van der Waals surface area contributed by atoms with E-state index in [-0.39, 0.29) is 11.9 Å². The molecular formula is C28H30Cl2N10O. The first-order chi connectivity index (χ1) is 19.9. The van der Waals surface area contributed by atoms with Crippen LogP contribution in [0.25, 0.3) is 22.2 Å². The van der Waals surface area contributed by atoms with E-state index in [9.17, 15) is 4.79 Å². The number of hydrogen-bond acceptors (Lipinski definition) is 8. The molecule has 2 N–H and O–H groups in total. The third-order valence-electron chi connectivity index (χ3n) is 7.35. The summed E-state index contributed by atoms with van der Waals surface area (Å²) < 4.78 is 2.11. The van der Waals surface area contributed by atoms with Gasteiger partial charge in [0.15, 0.2) is 17.0 Å². The minimum Gasteiger partial charge on any atom is -0.361 e. The molecule has 5 heterocycles. The zero-order chi connectivity index (χ0) is 28.5. The monoisotopic (exact) mass is 592 g/mol. The summed E-state index contributed by atoms with van der Waals surface area (Å²) in [6, 6.07) is 7.32. The first kappa shape index (κ1) is 27.2. The van der Waals surface area contributed by atoms with Crippen LogP contribution in [-0.4, -0.2) is 71.5 Å². The highest BCUT2D eigenvalue weighted by molar-refractivity contribution is 6.42. The quantitative estimate of drug-likeness (QED) is 0.247. The maximum absolute atomic E-state index is 12.9. The number of nitrogens with zero attached hydrogens (tertiary/aromatic N) is 8. The lowest BCUT2D eigenvalue weighted by atomic mass is 10.2. The number of aromatic amines is 1. The number of nitrogens with one attached hydrogen (secondary N) is 2. The minimum atomic E-state index is -0.0173. The fraction of sp³-hybridized carbons (Fsp3) is 0.357. The number of imidazole rings is 2. The first-order valence-corrected chi connectivity index (χ1v) is 14.4. The topological polar surface area (TPSA) is 121 Å². The van der Waals surface area contributed by atoms with Crippen LogP contribution in [0.3, 0.4) is 0 Å². The third kappa shape index (κ3) is 5.51. The van der Waals surface area contributed by atoms with Crippen molar-refractivity contribution in [1.29, 1.82) is 0 Å². The molecule has 1 amide bonds. The predicted octanol–water partition coefficient (Wildman–Crippen LogP) is 5.34. The third-order valence-corrected chi connectivity index (χ3v) is 8.07. The number of aromatic nitrogens is 7. The number of hydrogen-bond donors (Lipinski definition) is 2. The summed E-state index contributed by atoms with van der Waals surface area (Å²) >= 11 is 12.4. The molecule has 0 aliphatic carbocycles. The molecule has 4 aromatic heterocycles. The Morgan fingerprint density at radius 3 is 2.68 bits per heavy atom. The molecule has 212 valence electrons. The molecular weight excluding hydrogens is 563 g/mol. The SMILES string of the molecule is CCCC(C)n1cnc2c(NCc3nc4cc(Cl)c(Cl)cc4[nH]3)nc(N3CCN(C(=O)c4cccnc4)CC3)nc21. The average Bonchev–Trinajstić information content (AvgIpc) is 3.60. The van der Waals surface area contributed by atoms with Gasteiger partial charge in [0.2, 0.25) is 5.95 Å². The zero-order valence-electron chi connectivity index (χ0n) is 22.8. The smallest absolute Gasteiger partial charge is 0.255 e. The van der Waals surface area contributed by atoms with E-state index >= 15 is 0 Å².